The van der Waals surface area contributed by atoms with Crippen LogP contribution in [-0.2, 0) is 10.0 Å². The number of hydrogen-bond donors (Lipinski definition) is 2. The van der Waals surface area contributed by atoms with Crippen molar-refractivity contribution in [3.05, 3.63) is 59.4 Å². The number of hydrogen-bond acceptors (Lipinski definition) is 3. The van der Waals surface area contributed by atoms with Crippen molar-refractivity contribution in [2.45, 2.75) is 11.8 Å². The van der Waals surface area contributed by atoms with E-state index < -0.39 is 26.6 Å². The lowest BCUT2D eigenvalue weighted by Gasteiger charge is -2.07. The molecule has 0 radical (unpaired) electrons. The summed E-state index contributed by atoms with van der Waals surface area (Å²) in [6.45, 7) is 1.88. The lowest BCUT2D eigenvalue weighted by Crippen LogP contribution is -2.15. The molecule has 110 valence electrons. The van der Waals surface area contributed by atoms with E-state index in [1.807, 2.05) is 6.92 Å². The van der Waals surface area contributed by atoms with Crippen molar-refractivity contribution in [2.24, 2.45) is 5.14 Å². The summed E-state index contributed by atoms with van der Waals surface area (Å²) in [4.78, 5) is 11.6. The lowest BCUT2D eigenvalue weighted by atomic mass is 10.1. The molecule has 5 nitrogen and oxygen atoms in total. The zero-order valence-corrected chi connectivity index (χ0v) is 11.9. The molecule has 0 heterocycles. The summed E-state index contributed by atoms with van der Waals surface area (Å²) in [6.07, 6.45) is 0. The van der Waals surface area contributed by atoms with Crippen molar-refractivity contribution >= 4 is 21.6 Å². The van der Waals surface area contributed by atoms with Crippen LogP contribution in [0.1, 0.15) is 15.9 Å². The van der Waals surface area contributed by atoms with Crippen LogP contribution in [0.5, 0.6) is 0 Å². The van der Waals surface area contributed by atoms with E-state index in [1.54, 1.807) is 24.3 Å². The molecule has 0 unspecified atom stereocenters. The first kappa shape index (κ1) is 15.1. The third-order valence-electron chi connectivity index (χ3n) is 2.77. The fourth-order valence-corrected chi connectivity index (χ4v) is 2.28. The first-order chi connectivity index (χ1) is 9.75. The second-order valence-corrected chi connectivity index (χ2v) is 6.10. The Morgan fingerprint density at radius 1 is 1.14 bits per heavy atom. The normalized spacial score (nSPS) is 11.2. The largest absolute Gasteiger partial charge is 0.322 e. The van der Waals surface area contributed by atoms with Gasteiger partial charge in [-0.05, 0) is 37.3 Å². The molecule has 0 aliphatic rings. The maximum absolute atomic E-state index is 13.4. The van der Waals surface area contributed by atoms with Crippen molar-refractivity contribution in [3.63, 3.8) is 0 Å². The molecule has 7 heteroatoms. The number of carbonyl (C=O) groups is 1. The smallest absolute Gasteiger partial charge is 0.255 e. The Kier molecular flexibility index (Phi) is 4.06. The van der Waals surface area contributed by atoms with Crippen LogP contribution in [0.3, 0.4) is 0 Å². The van der Waals surface area contributed by atoms with Gasteiger partial charge in [-0.2, -0.15) is 0 Å². The average Bonchev–Trinajstić information content (AvgIpc) is 2.37. The number of halogens is 1. The molecule has 0 saturated carbocycles. The second-order valence-electron chi connectivity index (χ2n) is 4.54. The standard InChI is InChI=1S/C14H13FN2O3S/c1-9-2-4-10(5-3-9)14(18)17-12-6-11(15)7-13(8-12)21(16,19)20/h2-8H,1H3,(H,17,18)(H2,16,19,20). The molecule has 0 aromatic heterocycles. The molecule has 3 N–H and O–H groups in total. The van der Waals surface area contributed by atoms with Gasteiger partial charge in [0, 0.05) is 11.3 Å². The number of benzene rings is 2. The molecule has 0 aliphatic heterocycles. The molecule has 0 spiro atoms. The summed E-state index contributed by atoms with van der Waals surface area (Å²) < 4.78 is 35.9. The van der Waals surface area contributed by atoms with Crippen LogP contribution in [0.4, 0.5) is 10.1 Å². The van der Waals surface area contributed by atoms with Gasteiger partial charge in [0.15, 0.2) is 0 Å². The number of primary sulfonamides is 1. The molecule has 2 aromatic carbocycles. The molecular formula is C14H13FN2O3S. The minimum atomic E-state index is -4.05. The summed E-state index contributed by atoms with van der Waals surface area (Å²) in [5.41, 5.74) is 1.39. The van der Waals surface area contributed by atoms with Gasteiger partial charge in [-0.15, -0.1) is 0 Å². The summed E-state index contributed by atoms with van der Waals surface area (Å²) in [5, 5.41) is 7.38. The first-order valence-electron chi connectivity index (χ1n) is 5.97. The highest BCUT2D eigenvalue weighted by Gasteiger charge is 2.13. The molecule has 1 amide bonds. The van der Waals surface area contributed by atoms with E-state index in [9.17, 15) is 17.6 Å². The van der Waals surface area contributed by atoms with E-state index in [0.717, 1.165) is 23.8 Å². The van der Waals surface area contributed by atoms with E-state index in [0.29, 0.717) is 5.56 Å². The Bertz CT molecular complexity index is 786. The van der Waals surface area contributed by atoms with Gasteiger partial charge in [-0.25, -0.2) is 17.9 Å². The number of amides is 1. The number of aryl methyl sites for hydroxylation is 1. The van der Waals surface area contributed by atoms with Crippen LogP contribution < -0.4 is 10.5 Å². The Hall–Kier alpha value is -2.25. The molecule has 2 aromatic rings. The van der Waals surface area contributed by atoms with Crippen LogP contribution in [-0.4, -0.2) is 14.3 Å². The van der Waals surface area contributed by atoms with Gasteiger partial charge >= 0.3 is 0 Å². The molecular weight excluding hydrogens is 295 g/mol. The summed E-state index contributed by atoms with van der Waals surface area (Å²) in [7, 11) is -4.05. The molecule has 21 heavy (non-hydrogen) atoms. The zero-order valence-electron chi connectivity index (χ0n) is 11.1. The number of anilines is 1. The highest BCUT2D eigenvalue weighted by Crippen LogP contribution is 2.18. The van der Waals surface area contributed by atoms with Gasteiger partial charge in [0.25, 0.3) is 5.91 Å². The Balaban J connectivity index is 2.29. The minimum Gasteiger partial charge on any atom is -0.322 e. The molecule has 0 saturated heterocycles. The Morgan fingerprint density at radius 2 is 1.76 bits per heavy atom. The van der Waals surface area contributed by atoms with Gasteiger partial charge in [-0.3, -0.25) is 4.79 Å². The third-order valence-corrected chi connectivity index (χ3v) is 3.66. The summed E-state index contributed by atoms with van der Waals surface area (Å²) in [5.74, 6) is -1.28. The average molecular weight is 308 g/mol. The SMILES string of the molecule is Cc1ccc(C(=O)Nc2cc(F)cc(S(N)(=O)=O)c2)cc1. The maximum Gasteiger partial charge on any atom is 0.255 e. The van der Waals surface area contributed by atoms with E-state index in [2.05, 4.69) is 5.32 Å². The van der Waals surface area contributed by atoms with Crippen molar-refractivity contribution in [3.8, 4) is 0 Å². The molecule has 0 atom stereocenters. The monoisotopic (exact) mass is 308 g/mol. The number of nitrogens with one attached hydrogen (secondary N) is 1. The first-order valence-corrected chi connectivity index (χ1v) is 7.52. The van der Waals surface area contributed by atoms with Crippen molar-refractivity contribution in [1.82, 2.24) is 0 Å². The highest BCUT2D eigenvalue weighted by molar-refractivity contribution is 7.89. The van der Waals surface area contributed by atoms with Gasteiger partial charge in [0.05, 0.1) is 4.90 Å². The van der Waals surface area contributed by atoms with Gasteiger partial charge in [-0.1, -0.05) is 17.7 Å². The van der Waals surface area contributed by atoms with Crippen molar-refractivity contribution in [1.29, 1.82) is 0 Å². The predicted octanol–water partition coefficient (Wildman–Crippen LogP) is 2.03. The minimum absolute atomic E-state index is 0.0181. The number of carbonyl (C=O) groups excluding carboxylic acids is 1. The molecule has 0 aliphatic carbocycles. The third kappa shape index (κ3) is 3.87. The van der Waals surface area contributed by atoms with Crippen LogP contribution in [0, 0.1) is 12.7 Å². The summed E-state index contributed by atoms with van der Waals surface area (Å²) in [6, 6.07) is 9.66. The molecule has 2 rings (SSSR count). The van der Waals surface area contributed by atoms with E-state index in [-0.39, 0.29) is 5.69 Å². The quantitative estimate of drug-likeness (QED) is 0.909. The van der Waals surface area contributed by atoms with Crippen LogP contribution >= 0.6 is 0 Å². The topological polar surface area (TPSA) is 89.3 Å². The molecule has 0 bridgehead atoms. The fourth-order valence-electron chi connectivity index (χ4n) is 1.71. The number of nitrogens with two attached hydrogens (primary N) is 1. The van der Waals surface area contributed by atoms with Gasteiger partial charge < -0.3 is 5.32 Å². The zero-order chi connectivity index (χ0) is 15.6. The Morgan fingerprint density at radius 3 is 2.33 bits per heavy atom. The fraction of sp³-hybridized carbons (Fsp3) is 0.0714. The van der Waals surface area contributed by atoms with E-state index in [1.165, 1.54) is 0 Å². The summed E-state index contributed by atoms with van der Waals surface area (Å²) >= 11 is 0. The van der Waals surface area contributed by atoms with E-state index in [4.69, 9.17) is 5.14 Å². The highest BCUT2D eigenvalue weighted by atomic mass is 32.2. The lowest BCUT2D eigenvalue weighted by molar-refractivity contribution is 0.102. The maximum atomic E-state index is 13.4. The van der Waals surface area contributed by atoms with Crippen LogP contribution in [0.15, 0.2) is 47.4 Å². The predicted molar refractivity (Wildman–Crippen MR) is 76.9 cm³/mol. The Labute approximate surface area is 121 Å². The number of sulfonamides is 1. The molecule has 0 fully saturated rings. The van der Waals surface area contributed by atoms with Crippen LogP contribution in [0.2, 0.25) is 0 Å². The van der Waals surface area contributed by atoms with E-state index >= 15 is 0 Å². The van der Waals surface area contributed by atoms with Crippen molar-refractivity contribution in [2.75, 3.05) is 5.32 Å². The second kappa shape index (κ2) is 5.63. The number of rotatable bonds is 3. The van der Waals surface area contributed by atoms with Crippen LogP contribution in [0.25, 0.3) is 0 Å². The van der Waals surface area contributed by atoms with Crippen molar-refractivity contribution < 1.29 is 17.6 Å². The van der Waals surface area contributed by atoms with Gasteiger partial charge in [0.2, 0.25) is 10.0 Å². The van der Waals surface area contributed by atoms with Gasteiger partial charge in [0.1, 0.15) is 5.82 Å².